The molecule has 0 saturated carbocycles. The monoisotopic (exact) mass is 280 g/mol. The smallest absolute Gasteiger partial charge is 0.330 e. The average Bonchev–Trinajstić information content (AvgIpc) is 2.57. The Morgan fingerprint density at radius 2 is 2.24 bits per heavy atom. The molecule has 0 amide bonds. The van der Waals surface area contributed by atoms with Crippen molar-refractivity contribution in [1.82, 2.24) is 9.55 Å². The van der Waals surface area contributed by atoms with Gasteiger partial charge in [-0.3, -0.25) is 14.3 Å². The molecule has 0 radical (unpaired) electrons. The number of halogens is 2. The number of H-pyrrole nitrogens is 1. The summed E-state index contributed by atoms with van der Waals surface area (Å²) in [6.07, 6.45) is -1.18. The van der Waals surface area contributed by atoms with Gasteiger partial charge in [0.2, 0.25) is 0 Å². The molecule has 2 heterocycles. The predicted octanol–water partition coefficient (Wildman–Crippen LogP) is -0.359. The average molecular weight is 281 g/mol. The SMILES string of the molecule is O=c1ccn([C@H]2O[C@@H](CCl)[C@@H](O)[C@@H]2Cl)c(=O)[nH]1. The Morgan fingerprint density at radius 1 is 1.53 bits per heavy atom. The van der Waals surface area contributed by atoms with E-state index in [-0.39, 0.29) is 5.88 Å². The zero-order valence-corrected chi connectivity index (χ0v) is 10.1. The Hall–Kier alpha value is -0.820. The fraction of sp³-hybridized carbons (Fsp3) is 0.556. The molecule has 1 aliphatic rings. The Kier molecular flexibility index (Phi) is 3.58. The summed E-state index contributed by atoms with van der Waals surface area (Å²) in [4.78, 5) is 24.5. The third kappa shape index (κ3) is 2.26. The molecule has 4 atom stereocenters. The highest BCUT2D eigenvalue weighted by atomic mass is 35.5. The zero-order chi connectivity index (χ0) is 12.6. The normalized spacial score (nSPS) is 32.9. The maximum absolute atomic E-state index is 11.5. The van der Waals surface area contributed by atoms with Gasteiger partial charge in [-0.15, -0.1) is 23.2 Å². The second-order valence-corrected chi connectivity index (χ2v) is 4.48. The van der Waals surface area contributed by atoms with E-state index in [1.807, 2.05) is 0 Å². The fourth-order valence-electron chi connectivity index (χ4n) is 1.68. The van der Waals surface area contributed by atoms with Crippen LogP contribution in [0, 0.1) is 0 Å². The summed E-state index contributed by atoms with van der Waals surface area (Å²) in [5.41, 5.74) is -1.15. The zero-order valence-electron chi connectivity index (χ0n) is 8.55. The second kappa shape index (κ2) is 4.81. The van der Waals surface area contributed by atoms with Gasteiger partial charge in [0.15, 0.2) is 6.23 Å². The number of aliphatic hydroxyl groups excluding tert-OH is 1. The van der Waals surface area contributed by atoms with E-state index in [9.17, 15) is 14.7 Å². The molecule has 1 fully saturated rings. The van der Waals surface area contributed by atoms with Crippen LogP contribution in [0.3, 0.4) is 0 Å². The van der Waals surface area contributed by atoms with Gasteiger partial charge in [-0.25, -0.2) is 4.79 Å². The lowest BCUT2D eigenvalue weighted by Gasteiger charge is -2.15. The molecule has 1 aromatic rings. The first-order chi connectivity index (χ1) is 8.04. The van der Waals surface area contributed by atoms with E-state index in [1.165, 1.54) is 12.3 Å². The summed E-state index contributed by atoms with van der Waals surface area (Å²) in [7, 11) is 0. The van der Waals surface area contributed by atoms with Gasteiger partial charge in [0, 0.05) is 12.3 Å². The Labute approximate surface area is 106 Å². The standard InChI is InChI=1S/C9H10Cl2N2O4/c10-3-4-7(15)6(11)8(17-4)13-2-1-5(14)12-9(13)16/h1-2,4,6-8,15H,3H2,(H,12,14,16)/t4-,6-,7+,8-/m0/s1. The highest BCUT2D eigenvalue weighted by molar-refractivity contribution is 6.22. The molecule has 0 aromatic carbocycles. The number of hydrogen-bond donors (Lipinski definition) is 2. The molecule has 2 rings (SSSR count). The molecular formula is C9H10Cl2N2O4. The third-order valence-electron chi connectivity index (χ3n) is 2.57. The van der Waals surface area contributed by atoms with Crippen LogP contribution in [0.25, 0.3) is 0 Å². The van der Waals surface area contributed by atoms with E-state index in [0.717, 1.165) is 4.57 Å². The summed E-state index contributed by atoms with van der Waals surface area (Å²) in [5, 5.41) is 8.90. The maximum Gasteiger partial charge on any atom is 0.330 e. The molecule has 0 unspecified atom stereocenters. The minimum absolute atomic E-state index is 0.0684. The first-order valence-electron chi connectivity index (χ1n) is 4.89. The van der Waals surface area contributed by atoms with Crippen molar-refractivity contribution in [2.75, 3.05) is 5.88 Å². The van der Waals surface area contributed by atoms with Gasteiger partial charge >= 0.3 is 5.69 Å². The van der Waals surface area contributed by atoms with Crippen molar-refractivity contribution in [3.05, 3.63) is 33.1 Å². The van der Waals surface area contributed by atoms with E-state index in [4.69, 9.17) is 27.9 Å². The molecule has 6 nitrogen and oxygen atoms in total. The second-order valence-electron chi connectivity index (χ2n) is 3.67. The number of ether oxygens (including phenoxy) is 1. The molecule has 1 aliphatic heterocycles. The maximum atomic E-state index is 11.5. The number of nitrogens with zero attached hydrogens (tertiary/aromatic N) is 1. The number of aromatic amines is 1. The van der Waals surface area contributed by atoms with Crippen LogP contribution in [0.4, 0.5) is 0 Å². The minimum atomic E-state index is -0.960. The molecule has 8 heteroatoms. The summed E-state index contributed by atoms with van der Waals surface area (Å²) in [5.74, 6) is 0.0684. The molecular weight excluding hydrogens is 271 g/mol. The van der Waals surface area contributed by atoms with Crippen molar-refractivity contribution in [3.8, 4) is 0 Å². The topological polar surface area (TPSA) is 84.3 Å². The lowest BCUT2D eigenvalue weighted by molar-refractivity contribution is -0.00797. The van der Waals surface area contributed by atoms with E-state index in [1.54, 1.807) is 0 Å². The summed E-state index contributed by atoms with van der Waals surface area (Å²) < 4.78 is 6.49. The molecule has 1 saturated heterocycles. The number of alkyl halides is 2. The Morgan fingerprint density at radius 3 is 2.76 bits per heavy atom. The van der Waals surface area contributed by atoms with E-state index < -0.39 is 35.1 Å². The first kappa shape index (κ1) is 12.6. The van der Waals surface area contributed by atoms with Crippen LogP contribution in [-0.2, 0) is 4.74 Å². The quantitative estimate of drug-likeness (QED) is 0.725. The van der Waals surface area contributed by atoms with E-state index in [0.29, 0.717) is 0 Å². The Bertz CT molecular complexity index is 514. The number of aliphatic hydroxyl groups is 1. The summed E-state index contributed by atoms with van der Waals surface area (Å²) in [6.45, 7) is 0. The summed E-state index contributed by atoms with van der Waals surface area (Å²) >= 11 is 11.6. The van der Waals surface area contributed by atoms with Crippen molar-refractivity contribution in [2.24, 2.45) is 0 Å². The van der Waals surface area contributed by atoms with Gasteiger partial charge in [0.25, 0.3) is 5.56 Å². The van der Waals surface area contributed by atoms with Gasteiger partial charge in [-0.1, -0.05) is 0 Å². The highest BCUT2D eigenvalue weighted by Gasteiger charge is 2.43. The van der Waals surface area contributed by atoms with Crippen LogP contribution in [0.5, 0.6) is 0 Å². The van der Waals surface area contributed by atoms with Crippen LogP contribution in [0.1, 0.15) is 6.23 Å². The first-order valence-corrected chi connectivity index (χ1v) is 5.86. The highest BCUT2D eigenvalue weighted by Crippen LogP contribution is 2.32. The van der Waals surface area contributed by atoms with Crippen molar-refractivity contribution >= 4 is 23.2 Å². The molecule has 0 bridgehead atoms. The molecule has 0 spiro atoms. The van der Waals surface area contributed by atoms with Crippen LogP contribution in [-0.4, -0.2) is 38.1 Å². The lowest BCUT2D eigenvalue weighted by atomic mass is 10.2. The number of aromatic nitrogens is 2. The molecule has 17 heavy (non-hydrogen) atoms. The van der Waals surface area contributed by atoms with E-state index in [2.05, 4.69) is 4.98 Å². The third-order valence-corrected chi connectivity index (χ3v) is 3.35. The van der Waals surface area contributed by atoms with Crippen LogP contribution in [0.2, 0.25) is 0 Å². The van der Waals surface area contributed by atoms with Crippen LogP contribution in [0.15, 0.2) is 21.9 Å². The van der Waals surface area contributed by atoms with Gasteiger partial charge < -0.3 is 9.84 Å². The predicted molar refractivity (Wildman–Crippen MR) is 61.6 cm³/mol. The largest absolute Gasteiger partial charge is 0.389 e. The minimum Gasteiger partial charge on any atom is -0.389 e. The van der Waals surface area contributed by atoms with Gasteiger partial charge in [0.1, 0.15) is 17.6 Å². The molecule has 0 aliphatic carbocycles. The van der Waals surface area contributed by atoms with Gasteiger partial charge in [-0.05, 0) is 0 Å². The Balaban J connectivity index is 2.35. The van der Waals surface area contributed by atoms with E-state index >= 15 is 0 Å². The molecule has 2 N–H and O–H groups in total. The van der Waals surface area contributed by atoms with Crippen molar-refractivity contribution in [2.45, 2.75) is 23.8 Å². The van der Waals surface area contributed by atoms with Crippen molar-refractivity contribution in [3.63, 3.8) is 0 Å². The lowest BCUT2D eigenvalue weighted by Crippen LogP contribution is -2.35. The van der Waals surface area contributed by atoms with Crippen molar-refractivity contribution in [1.29, 1.82) is 0 Å². The number of hydrogen-bond acceptors (Lipinski definition) is 4. The van der Waals surface area contributed by atoms with Crippen molar-refractivity contribution < 1.29 is 9.84 Å². The molecule has 1 aromatic heterocycles. The van der Waals surface area contributed by atoms with Crippen LogP contribution >= 0.6 is 23.2 Å². The van der Waals surface area contributed by atoms with Gasteiger partial charge in [0.05, 0.1) is 5.88 Å². The molecule has 94 valence electrons. The van der Waals surface area contributed by atoms with Crippen LogP contribution < -0.4 is 11.2 Å². The fourth-order valence-corrected chi connectivity index (χ4v) is 2.28. The van der Waals surface area contributed by atoms with Gasteiger partial charge in [-0.2, -0.15) is 0 Å². The summed E-state index contributed by atoms with van der Waals surface area (Å²) in [6, 6.07) is 1.18. The number of rotatable bonds is 2. The number of nitrogens with one attached hydrogen (secondary N) is 1.